The van der Waals surface area contributed by atoms with Crippen LogP contribution in [0.5, 0.6) is 0 Å². The monoisotopic (exact) mass is 346 g/mol. The zero-order valence-electron chi connectivity index (χ0n) is 14.7. The molecule has 0 bridgehead atoms. The standard InChI is InChI=1S/C24H20F2/c1-2-16-3-5-17(6-4-16)19-9-13-23-20(15-19)10-14-22(24(23)26)18-7-11-21(25)12-8-18/h3-12,14H,2,13,15H2,1H3. The van der Waals surface area contributed by atoms with E-state index in [-0.39, 0.29) is 11.6 Å². The van der Waals surface area contributed by atoms with E-state index in [9.17, 15) is 4.39 Å². The summed E-state index contributed by atoms with van der Waals surface area (Å²) in [5, 5.41) is 0. The quantitative estimate of drug-likeness (QED) is 0.516. The first-order valence-corrected chi connectivity index (χ1v) is 9.00. The van der Waals surface area contributed by atoms with E-state index < -0.39 is 0 Å². The first kappa shape index (κ1) is 16.7. The van der Waals surface area contributed by atoms with Crippen LogP contribution in [0.2, 0.25) is 0 Å². The molecule has 1 aliphatic rings. The molecule has 0 unspecified atom stereocenters. The number of fused-ring (bicyclic) bond motifs is 1. The van der Waals surface area contributed by atoms with Crippen LogP contribution in [0.1, 0.15) is 29.2 Å². The van der Waals surface area contributed by atoms with Gasteiger partial charge in [-0.1, -0.05) is 61.5 Å². The minimum Gasteiger partial charge on any atom is -0.207 e. The summed E-state index contributed by atoms with van der Waals surface area (Å²) < 4.78 is 28.2. The molecule has 0 saturated carbocycles. The van der Waals surface area contributed by atoms with E-state index in [1.807, 2.05) is 12.1 Å². The molecule has 4 rings (SSSR count). The highest BCUT2D eigenvalue weighted by Gasteiger charge is 2.19. The van der Waals surface area contributed by atoms with E-state index in [0.29, 0.717) is 17.5 Å². The highest BCUT2D eigenvalue weighted by molar-refractivity contribution is 5.73. The molecule has 0 fully saturated rings. The maximum Gasteiger partial charge on any atom is 0.134 e. The third-order valence-electron chi connectivity index (χ3n) is 5.16. The Hall–Kier alpha value is -2.74. The molecule has 3 aromatic carbocycles. The Morgan fingerprint density at radius 3 is 2.19 bits per heavy atom. The molecule has 0 saturated heterocycles. The fraction of sp³-hybridized carbons (Fsp3) is 0.167. The Morgan fingerprint density at radius 1 is 0.808 bits per heavy atom. The largest absolute Gasteiger partial charge is 0.207 e. The van der Waals surface area contributed by atoms with Crippen LogP contribution < -0.4 is 0 Å². The smallest absolute Gasteiger partial charge is 0.134 e. The lowest BCUT2D eigenvalue weighted by Gasteiger charge is -2.20. The number of benzene rings is 3. The highest BCUT2D eigenvalue weighted by atomic mass is 19.1. The maximum absolute atomic E-state index is 15.0. The molecule has 0 heterocycles. The van der Waals surface area contributed by atoms with Gasteiger partial charge in [-0.3, -0.25) is 0 Å². The predicted octanol–water partition coefficient (Wildman–Crippen LogP) is 6.38. The summed E-state index contributed by atoms with van der Waals surface area (Å²) in [7, 11) is 0. The van der Waals surface area contributed by atoms with Crippen molar-refractivity contribution in [1.82, 2.24) is 0 Å². The molecule has 0 nitrogen and oxygen atoms in total. The highest BCUT2D eigenvalue weighted by Crippen LogP contribution is 2.34. The van der Waals surface area contributed by atoms with Gasteiger partial charge in [0.2, 0.25) is 0 Å². The Kier molecular flexibility index (Phi) is 4.42. The van der Waals surface area contributed by atoms with E-state index in [4.69, 9.17) is 0 Å². The van der Waals surface area contributed by atoms with Crippen molar-refractivity contribution in [2.24, 2.45) is 0 Å². The molecular formula is C24H20F2. The van der Waals surface area contributed by atoms with Crippen LogP contribution in [0.25, 0.3) is 16.7 Å². The van der Waals surface area contributed by atoms with Crippen LogP contribution in [0.4, 0.5) is 8.78 Å². The Bertz CT molecular complexity index is 964. The first-order valence-electron chi connectivity index (χ1n) is 9.00. The molecule has 0 spiro atoms. The van der Waals surface area contributed by atoms with Gasteiger partial charge in [0.15, 0.2) is 0 Å². The lowest BCUT2D eigenvalue weighted by Crippen LogP contribution is -2.06. The normalized spacial score (nSPS) is 13.3. The number of rotatable bonds is 3. The predicted molar refractivity (Wildman–Crippen MR) is 103 cm³/mol. The van der Waals surface area contributed by atoms with Gasteiger partial charge in [-0.05, 0) is 64.8 Å². The van der Waals surface area contributed by atoms with Gasteiger partial charge in [0.05, 0.1) is 0 Å². The van der Waals surface area contributed by atoms with Crippen molar-refractivity contribution in [3.05, 3.63) is 101 Å². The van der Waals surface area contributed by atoms with E-state index in [1.165, 1.54) is 28.8 Å². The summed E-state index contributed by atoms with van der Waals surface area (Å²) in [6.45, 7) is 2.15. The van der Waals surface area contributed by atoms with Gasteiger partial charge in [0.25, 0.3) is 0 Å². The molecule has 0 aromatic heterocycles. The van der Waals surface area contributed by atoms with E-state index in [1.54, 1.807) is 12.1 Å². The van der Waals surface area contributed by atoms with Crippen LogP contribution >= 0.6 is 0 Å². The zero-order valence-corrected chi connectivity index (χ0v) is 14.7. The molecule has 0 N–H and O–H groups in total. The van der Waals surface area contributed by atoms with Crippen LogP contribution in [-0.4, -0.2) is 0 Å². The third-order valence-corrected chi connectivity index (χ3v) is 5.16. The summed E-state index contributed by atoms with van der Waals surface area (Å²) in [6.07, 6.45) is 4.48. The Balaban J connectivity index is 1.65. The van der Waals surface area contributed by atoms with Gasteiger partial charge < -0.3 is 0 Å². The van der Waals surface area contributed by atoms with Crippen molar-refractivity contribution >= 4 is 5.57 Å². The van der Waals surface area contributed by atoms with E-state index >= 15 is 4.39 Å². The minimum absolute atomic E-state index is 0.189. The summed E-state index contributed by atoms with van der Waals surface area (Å²) in [6, 6.07) is 18.4. The third kappa shape index (κ3) is 3.08. The van der Waals surface area contributed by atoms with Crippen LogP contribution in [0.15, 0.2) is 66.7 Å². The van der Waals surface area contributed by atoms with E-state index in [2.05, 4.69) is 37.3 Å². The lowest BCUT2D eigenvalue weighted by molar-refractivity contribution is 0.614. The number of hydrogen-bond acceptors (Lipinski definition) is 0. The van der Waals surface area contributed by atoms with Crippen molar-refractivity contribution in [2.45, 2.75) is 26.2 Å². The molecule has 0 atom stereocenters. The zero-order chi connectivity index (χ0) is 18.1. The second-order valence-electron chi connectivity index (χ2n) is 6.73. The lowest BCUT2D eigenvalue weighted by atomic mass is 9.85. The van der Waals surface area contributed by atoms with Crippen molar-refractivity contribution in [1.29, 1.82) is 0 Å². The second-order valence-corrected chi connectivity index (χ2v) is 6.73. The van der Waals surface area contributed by atoms with Crippen LogP contribution in [0.3, 0.4) is 0 Å². The van der Waals surface area contributed by atoms with E-state index in [0.717, 1.165) is 24.0 Å². The second kappa shape index (κ2) is 6.87. The van der Waals surface area contributed by atoms with Crippen LogP contribution in [0, 0.1) is 11.6 Å². The molecule has 0 aliphatic heterocycles. The molecule has 0 radical (unpaired) electrons. The van der Waals surface area contributed by atoms with Crippen LogP contribution in [-0.2, 0) is 19.3 Å². The SMILES string of the molecule is CCc1ccc(C2=CCc3c(ccc(-c4ccc(F)cc4)c3F)C2)cc1. The molecule has 130 valence electrons. The Morgan fingerprint density at radius 2 is 1.50 bits per heavy atom. The molecule has 2 heteroatoms. The molecule has 3 aromatic rings. The Labute approximate surface area is 152 Å². The van der Waals surface area contributed by atoms with Crippen molar-refractivity contribution < 1.29 is 8.78 Å². The summed E-state index contributed by atoms with van der Waals surface area (Å²) in [5.41, 5.74) is 6.79. The molecule has 1 aliphatic carbocycles. The van der Waals surface area contributed by atoms with Crippen molar-refractivity contribution in [2.75, 3.05) is 0 Å². The average Bonchev–Trinajstić information content (AvgIpc) is 2.69. The molecule has 26 heavy (non-hydrogen) atoms. The average molecular weight is 346 g/mol. The maximum atomic E-state index is 15.0. The fourth-order valence-corrected chi connectivity index (χ4v) is 3.58. The van der Waals surface area contributed by atoms with Gasteiger partial charge in [0, 0.05) is 5.56 Å². The van der Waals surface area contributed by atoms with Gasteiger partial charge >= 0.3 is 0 Å². The minimum atomic E-state index is -0.311. The topological polar surface area (TPSA) is 0 Å². The van der Waals surface area contributed by atoms with Gasteiger partial charge in [-0.15, -0.1) is 0 Å². The molecular weight excluding hydrogens is 326 g/mol. The number of halogens is 2. The molecule has 0 amide bonds. The first-order chi connectivity index (χ1) is 12.7. The fourth-order valence-electron chi connectivity index (χ4n) is 3.58. The summed E-state index contributed by atoms with van der Waals surface area (Å²) in [4.78, 5) is 0. The summed E-state index contributed by atoms with van der Waals surface area (Å²) in [5.74, 6) is -0.500. The van der Waals surface area contributed by atoms with Gasteiger partial charge in [0.1, 0.15) is 11.6 Å². The number of hydrogen-bond donors (Lipinski definition) is 0. The van der Waals surface area contributed by atoms with Crippen molar-refractivity contribution in [3.8, 4) is 11.1 Å². The number of aryl methyl sites for hydroxylation is 1. The van der Waals surface area contributed by atoms with Gasteiger partial charge in [-0.25, -0.2) is 8.78 Å². The number of allylic oxidation sites excluding steroid dienone is 2. The van der Waals surface area contributed by atoms with Gasteiger partial charge in [-0.2, -0.15) is 0 Å². The van der Waals surface area contributed by atoms with Crippen molar-refractivity contribution in [3.63, 3.8) is 0 Å². The summed E-state index contributed by atoms with van der Waals surface area (Å²) >= 11 is 0.